The van der Waals surface area contributed by atoms with Gasteiger partial charge >= 0.3 is 5.97 Å². The van der Waals surface area contributed by atoms with Crippen molar-refractivity contribution >= 4 is 23.6 Å². The molecule has 5 rings (SSSR count). The van der Waals surface area contributed by atoms with Gasteiger partial charge in [-0.05, 0) is 43.0 Å². The summed E-state index contributed by atoms with van der Waals surface area (Å²) in [6, 6.07) is 40.4. The van der Waals surface area contributed by atoms with Gasteiger partial charge < -0.3 is 9.64 Å². The van der Waals surface area contributed by atoms with Crippen LogP contribution in [0.2, 0.25) is 0 Å². The number of esters is 1. The first kappa shape index (κ1) is 29.6. The second-order valence-corrected chi connectivity index (χ2v) is 12.8. The molecule has 216 valence electrons. The van der Waals surface area contributed by atoms with Crippen LogP contribution in [0.25, 0.3) is 0 Å². The predicted octanol–water partition coefficient (Wildman–Crippen LogP) is 6.60. The zero-order valence-corrected chi connectivity index (χ0v) is 25.2. The Morgan fingerprint density at radius 1 is 0.786 bits per heavy atom. The highest BCUT2D eigenvalue weighted by molar-refractivity contribution is 7.99. The van der Waals surface area contributed by atoms with E-state index in [1.807, 2.05) is 93.6 Å². The molecule has 6 heteroatoms. The summed E-state index contributed by atoms with van der Waals surface area (Å²) in [6.45, 7) is 5.84. The van der Waals surface area contributed by atoms with Gasteiger partial charge in [-0.1, -0.05) is 121 Å². The molecule has 4 aromatic rings. The number of benzene rings is 4. The molecule has 0 radical (unpaired) electrons. The first-order valence-electron chi connectivity index (χ1n) is 14.4. The summed E-state index contributed by atoms with van der Waals surface area (Å²) in [5.74, 6) is 0.0185. The number of rotatable bonds is 8. The lowest BCUT2D eigenvalue weighted by atomic mass is 9.76. The number of ether oxygens (including phenoxy) is 1. The standard InChI is InChI=1S/C36H38N2O3S/c1-35(2,3)41-33(39)25-38-24-32(27-16-8-4-9-17-27)42-26-31(34(38)40)37-36(28-18-10-5-11-19-28,29-20-12-6-13-21-29)30-22-14-7-15-23-30/h4-23,31-32,37H,24-26H2,1-3H3/t31-,32-/m0/s1. The van der Waals surface area contributed by atoms with E-state index in [-0.39, 0.29) is 17.7 Å². The molecule has 1 heterocycles. The zero-order valence-electron chi connectivity index (χ0n) is 24.4. The molecule has 1 aliphatic heterocycles. The molecule has 0 bridgehead atoms. The number of nitrogens with zero attached hydrogens (tertiary/aromatic N) is 1. The lowest BCUT2D eigenvalue weighted by Gasteiger charge is -2.40. The van der Waals surface area contributed by atoms with Crippen LogP contribution in [0.3, 0.4) is 0 Å². The minimum Gasteiger partial charge on any atom is -0.459 e. The zero-order chi connectivity index (χ0) is 29.6. The minimum absolute atomic E-state index is 0.0176. The molecule has 1 saturated heterocycles. The number of amides is 1. The van der Waals surface area contributed by atoms with E-state index >= 15 is 0 Å². The van der Waals surface area contributed by atoms with Gasteiger partial charge in [0.25, 0.3) is 0 Å². The topological polar surface area (TPSA) is 58.6 Å². The molecular formula is C36H38N2O3S. The summed E-state index contributed by atoms with van der Waals surface area (Å²) in [4.78, 5) is 29.2. The molecule has 0 aliphatic carbocycles. The van der Waals surface area contributed by atoms with Gasteiger partial charge in [-0.3, -0.25) is 14.9 Å². The largest absolute Gasteiger partial charge is 0.459 e. The van der Waals surface area contributed by atoms with Crippen LogP contribution < -0.4 is 5.32 Å². The molecule has 2 atom stereocenters. The summed E-state index contributed by atoms with van der Waals surface area (Å²) < 4.78 is 5.65. The van der Waals surface area contributed by atoms with Crippen LogP contribution in [0.4, 0.5) is 0 Å². The number of carbonyl (C=O) groups excluding carboxylic acids is 2. The molecule has 1 N–H and O–H groups in total. The highest BCUT2D eigenvalue weighted by Gasteiger charge is 2.42. The molecule has 0 saturated carbocycles. The van der Waals surface area contributed by atoms with E-state index in [0.29, 0.717) is 12.3 Å². The molecule has 1 fully saturated rings. The Morgan fingerprint density at radius 3 is 1.69 bits per heavy atom. The van der Waals surface area contributed by atoms with Gasteiger partial charge in [0.15, 0.2) is 0 Å². The third-order valence-corrected chi connectivity index (χ3v) is 8.73. The quantitative estimate of drug-likeness (QED) is 0.189. The Hall–Kier alpha value is -3.87. The Labute approximate surface area is 253 Å². The molecule has 1 amide bonds. The summed E-state index contributed by atoms with van der Waals surface area (Å²) >= 11 is 1.74. The third kappa shape index (κ3) is 6.77. The fraction of sp³-hybridized carbons (Fsp3) is 0.278. The number of hydrogen-bond acceptors (Lipinski definition) is 5. The van der Waals surface area contributed by atoms with E-state index < -0.39 is 23.2 Å². The maximum atomic E-state index is 14.4. The van der Waals surface area contributed by atoms with Crippen LogP contribution in [0.1, 0.15) is 48.3 Å². The smallest absolute Gasteiger partial charge is 0.326 e. The first-order valence-corrected chi connectivity index (χ1v) is 15.4. The fourth-order valence-electron chi connectivity index (χ4n) is 5.57. The Morgan fingerprint density at radius 2 is 1.24 bits per heavy atom. The van der Waals surface area contributed by atoms with Gasteiger partial charge in [0.2, 0.25) is 5.91 Å². The molecule has 5 nitrogen and oxygen atoms in total. The molecule has 4 aromatic carbocycles. The lowest BCUT2D eigenvalue weighted by Crippen LogP contribution is -2.57. The van der Waals surface area contributed by atoms with Crippen molar-refractivity contribution in [2.24, 2.45) is 0 Å². The van der Waals surface area contributed by atoms with Crippen molar-refractivity contribution in [3.8, 4) is 0 Å². The number of carbonyl (C=O) groups is 2. The van der Waals surface area contributed by atoms with Crippen molar-refractivity contribution in [1.29, 1.82) is 0 Å². The van der Waals surface area contributed by atoms with Gasteiger partial charge in [-0.2, -0.15) is 0 Å². The van der Waals surface area contributed by atoms with E-state index in [4.69, 9.17) is 4.74 Å². The van der Waals surface area contributed by atoms with Crippen molar-refractivity contribution in [3.63, 3.8) is 0 Å². The molecular weight excluding hydrogens is 540 g/mol. The van der Waals surface area contributed by atoms with Crippen LogP contribution in [0.5, 0.6) is 0 Å². The SMILES string of the molecule is CC(C)(C)OC(=O)CN1C[C@@H](c2ccccc2)SC[C@H](NC(c2ccccc2)(c2ccccc2)c2ccccc2)C1=O. The average molecular weight is 579 g/mol. The van der Waals surface area contributed by atoms with E-state index in [1.165, 1.54) is 0 Å². The lowest BCUT2D eigenvalue weighted by molar-refractivity contribution is -0.159. The van der Waals surface area contributed by atoms with Crippen LogP contribution >= 0.6 is 11.8 Å². The summed E-state index contributed by atoms with van der Waals surface area (Å²) in [6.07, 6.45) is 0. The van der Waals surface area contributed by atoms with Crippen LogP contribution in [-0.4, -0.2) is 47.3 Å². The van der Waals surface area contributed by atoms with Gasteiger partial charge in [0, 0.05) is 17.5 Å². The third-order valence-electron chi connectivity index (χ3n) is 7.38. The second-order valence-electron chi connectivity index (χ2n) is 11.6. The normalized spacial score (nSPS) is 17.9. The highest BCUT2D eigenvalue weighted by atomic mass is 32.2. The van der Waals surface area contributed by atoms with E-state index in [9.17, 15) is 9.59 Å². The van der Waals surface area contributed by atoms with Crippen molar-refractivity contribution < 1.29 is 14.3 Å². The maximum absolute atomic E-state index is 14.4. The molecule has 1 aliphatic rings. The predicted molar refractivity (Wildman–Crippen MR) is 170 cm³/mol. The fourth-order valence-corrected chi connectivity index (χ4v) is 6.85. The Balaban J connectivity index is 1.59. The van der Waals surface area contributed by atoms with Gasteiger partial charge in [-0.15, -0.1) is 11.8 Å². The Bertz CT molecular complexity index is 1360. The number of thioether (sulfide) groups is 1. The van der Waals surface area contributed by atoms with Crippen molar-refractivity contribution in [3.05, 3.63) is 144 Å². The van der Waals surface area contributed by atoms with Crippen molar-refractivity contribution in [2.45, 2.75) is 43.2 Å². The van der Waals surface area contributed by atoms with E-state index in [1.54, 1.807) is 16.7 Å². The number of hydrogen-bond donors (Lipinski definition) is 1. The summed E-state index contributed by atoms with van der Waals surface area (Å²) in [5, 5.41) is 3.89. The van der Waals surface area contributed by atoms with Crippen LogP contribution in [0, 0.1) is 0 Å². The molecule has 0 spiro atoms. The van der Waals surface area contributed by atoms with Gasteiger partial charge in [-0.25, -0.2) is 0 Å². The monoisotopic (exact) mass is 578 g/mol. The highest BCUT2D eigenvalue weighted by Crippen LogP contribution is 2.39. The Kier molecular flexibility index (Phi) is 9.15. The molecule has 0 unspecified atom stereocenters. The number of nitrogens with one attached hydrogen (secondary N) is 1. The molecule has 0 aromatic heterocycles. The van der Waals surface area contributed by atoms with Crippen molar-refractivity contribution in [1.82, 2.24) is 10.2 Å². The average Bonchev–Trinajstić information content (AvgIpc) is 3.15. The van der Waals surface area contributed by atoms with Crippen LogP contribution in [-0.2, 0) is 19.9 Å². The maximum Gasteiger partial charge on any atom is 0.326 e. The summed E-state index contributed by atoms with van der Waals surface area (Å²) in [7, 11) is 0. The first-order chi connectivity index (χ1) is 20.3. The van der Waals surface area contributed by atoms with E-state index in [0.717, 1.165) is 22.3 Å². The van der Waals surface area contributed by atoms with Crippen molar-refractivity contribution in [2.75, 3.05) is 18.8 Å². The summed E-state index contributed by atoms with van der Waals surface area (Å²) in [5.41, 5.74) is 2.77. The second kappa shape index (κ2) is 13.0. The van der Waals surface area contributed by atoms with Crippen LogP contribution in [0.15, 0.2) is 121 Å². The minimum atomic E-state index is -0.811. The van der Waals surface area contributed by atoms with Gasteiger partial charge in [0.05, 0.1) is 11.6 Å². The van der Waals surface area contributed by atoms with E-state index in [2.05, 4.69) is 53.8 Å². The van der Waals surface area contributed by atoms with Gasteiger partial charge in [0.1, 0.15) is 12.1 Å². The molecule has 42 heavy (non-hydrogen) atoms.